The van der Waals surface area contributed by atoms with E-state index in [4.69, 9.17) is 4.74 Å². The van der Waals surface area contributed by atoms with Crippen molar-refractivity contribution in [3.63, 3.8) is 0 Å². The lowest BCUT2D eigenvalue weighted by Crippen LogP contribution is -2.13. The highest BCUT2D eigenvalue weighted by Crippen LogP contribution is 2.35. The molecule has 0 heterocycles. The number of rotatable bonds is 6. The second-order valence-electron chi connectivity index (χ2n) is 6.94. The van der Waals surface area contributed by atoms with E-state index in [1.807, 2.05) is 42.1 Å². The van der Waals surface area contributed by atoms with E-state index in [1.165, 1.54) is 37.0 Å². The molecule has 26 heavy (non-hydrogen) atoms. The Hall–Kier alpha value is -1.78. The minimum Gasteiger partial charge on any atom is -0.380 e. The third-order valence-electron chi connectivity index (χ3n) is 4.83. The van der Waals surface area contributed by atoms with E-state index in [0.29, 0.717) is 12.2 Å². The van der Waals surface area contributed by atoms with Crippen molar-refractivity contribution >= 4 is 23.4 Å². The Bertz CT molecular complexity index is 736. The maximum Gasteiger partial charge on any atom is 0.255 e. The van der Waals surface area contributed by atoms with Gasteiger partial charge in [0, 0.05) is 28.5 Å². The van der Waals surface area contributed by atoms with Gasteiger partial charge in [-0.3, -0.25) is 4.79 Å². The zero-order chi connectivity index (χ0) is 18.4. The molecule has 0 atom stereocenters. The third kappa shape index (κ3) is 5.12. The number of thioether (sulfide) groups is 1. The first-order valence-electron chi connectivity index (χ1n) is 9.32. The van der Waals surface area contributed by atoms with Crippen LogP contribution < -0.4 is 5.32 Å². The van der Waals surface area contributed by atoms with E-state index in [-0.39, 0.29) is 5.91 Å². The zero-order valence-corrected chi connectivity index (χ0v) is 16.4. The SMILES string of the molecule is COCc1ccc(C(=O)Nc2ccc(SC3CCCCC3)cc2C)cc1. The van der Waals surface area contributed by atoms with Crippen molar-refractivity contribution in [1.82, 2.24) is 0 Å². The summed E-state index contributed by atoms with van der Waals surface area (Å²) in [6.45, 7) is 2.61. The quantitative estimate of drug-likeness (QED) is 0.697. The van der Waals surface area contributed by atoms with Gasteiger partial charge in [-0.2, -0.15) is 0 Å². The number of amides is 1. The summed E-state index contributed by atoms with van der Waals surface area (Å²) in [4.78, 5) is 13.8. The molecule has 1 N–H and O–H groups in total. The Labute approximate surface area is 160 Å². The standard InChI is InChI=1S/C22H27NO2S/c1-16-14-20(26-19-6-4-3-5-7-19)12-13-21(16)23-22(24)18-10-8-17(9-11-18)15-25-2/h8-14,19H,3-7,15H2,1-2H3,(H,23,24). The van der Waals surface area contributed by atoms with Crippen molar-refractivity contribution in [2.24, 2.45) is 0 Å². The van der Waals surface area contributed by atoms with Crippen LogP contribution in [0.2, 0.25) is 0 Å². The summed E-state index contributed by atoms with van der Waals surface area (Å²) < 4.78 is 5.10. The number of benzene rings is 2. The molecule has 0 saturated heterocycles. The number of hydrogen-bond acceptors (Lipinski definition) is 3. The molecule has 4 heteroatoms. The van der Waals surface area contributed by atoms with Crippen LogP contribution in [0.25, 0.3) is 0 Å². The van der Waals surface area contributed by atoms with Crippen LogP contribution in [0.1, 0.15) is 53.6 Å². The maximum absolute atomic E-state index is 12.5. The number of methoxy groups -OCH3 is 1. The molecule has 0 spiro atoms. The molecule has 2 aromatic rings. The minimum absolute atomic E-state index is 0.0789. The molecule has 1 fully saturated rings. The minimum atomic E-state index is -0.0789. The van der Waals surface area contributed by atoms with Gasteiger partial charge in [0.15, 0.2) is 0 Å². The average Bonchev–Trinajstić information content (AvgIpc) is 2.65. The molecule has 1 amide bonds. The predicted molar refractivity (Wildman–Crippen MR) is 109 cm³/mol. The van der Waals surface area contributed by atoms with Crippen LogP contribution in [0.3, 0.4) is 0 Å². The predicted octanol–water partition coefficient (Wildman–Crippen LogP) is 5.82. The van der Waals surface area contributed by atoms with Gasteiger partial charge >= 0.3 is 0 Å². The van der Waals surface area contributed by atoms with Gasteiger partial charge < -0.3 is 10.1 Å². The summed E-state index contributed by atoms with van der Waals surface area (Å²) in [6, 6.07) is 13.9. The van der Waals surface area contributed by atoms with Crippen molar-refractivity contribution in [2.45, 2.75) is 55.8 Å². The molecular weight excluding hydrogens is 342 g/mol. The number of carbonyl (C=O) groups excluding carboxylic acids is 1. The molecule has 1 aliphatic carbocycles. The van der Waals surface area contributed by atoms with Crippen molar-refractivity contribution in [3.05, 3.63) is 59.2 Å². The molecule has 1 saturated carbocycles. The molecule has 0 aliphatic heterocycles. The lowest BCUT2D eigenvalue weighted by atomic mass is 10.0. The molecule has 2 aromatic carbocycles. The third-order valence-corrected chi connectivity index (χ3v) is 6.16. The molecule has 0 radical (unpaired) electrons. The molecule has 1 aliphatic rings. The van der Waals surface area contributed by atoms with Gasteiger partial charge in [0.25, 0.3) is 5.91 Å². The molecular formula is C22H27NO2S. The Balaban J connectivity index is 1.62. The number of carbonyl (C=O) groups is 1. The van der Waals surface area contributed by atoms with Crippen LogP contribution in [0.4, 0.5) is 5.69 Å². The summed E-state index contributed by atoms with van der Waals surface area (Å²) in [7, 11) is 1.67. The Kier molecular flexibility index (Phi) is 6.75. The van der Waals surface area contributed by atoms with Gasteiger partial charge in [-0.15, -0.1) is 11.8 Å². The van der Waals surface area contributed by atoms with Crippen LogP contribution >= 0.6 is 11.8 Å². The normalized spacial score (nSPS) is 15.0. The van der Waals surface area contributed by atoms with Gasteiger partial charge in [-0.25, -0.2) is 0 Å². The fraction of sp³-hybridized carbons (Fsp3) is 0.409. The summed E-state index contributed by atoms with van der Waals surface area (Å²) in [5.74, 6) is -0.0789. The van der Waals surface area contributed by atoms with Crippen LogP contribution in [0.15, 0.2) is 47.4 Å². The monoisotopic (exact) mass is 369 g/mol. The maximum atomic E-state index is 12.5. The first kappa shape index (κ1) is 19.0. The Morgan fingerprint density at radius 2 is 1.85 bits per heavy atom. The fourth-order valence-corrected chi connectivity index (χ4v) is 4.68. The smallest absolute Gasteiger partial charge is 0.255 e. The second-order valence-corrected chi connectivity index (χ2v) is 8.31. The van der Waals surface area contributed by atoms with Gasteiger partial charge in [-0.05, 0) is 61.2 Å². The zero-order valence-electron chi connectivity index (χ0n) is 15.6. The number of nitrogens with one attached hydrogen (secondary N) is 1. The number of aryl methyl sites for hydroxylation is 1. The number of ether oxygens (including phenoxy) is 1. The first-order chi connectivity index (χ1) is 12.7. The highest BCUT2D eigenvalue weighted by atomic mass is 32.2. The van der Waals surface area contributed by atoms with Crippen LogP contribution in [-0.4, -0.2) is 18.3 Å². The summed E-state index contributed by atoms with van der Waals surface area (Å²) in [5, 5.41) is 3.77. The van der Waals surface area contributed by atoms with E-state index >= 15 is 0 Å². The summed E-state index contributed by atoms with van der Waals surface area (Å²) >= 11 is 1.98. The number of anilines is 1. The number of hydrogen-bond donors (Lipinski definition) is 1. The van der Waals surface area contributed by atoms with E-state index in [2.05, 4.69) is 24.4 Å². The highest BCUT2D eigenvalue weighted by molar-refractivity contribution is 8.00. The first-order valence-corrected chi connectivity index (χ1v) is 10.2. The summed E-state index contributed by atoms with van der Waals surface area (Å²) in [5.41, 5.74) is 3.70. The molecule has 0 unspecified atom stereocenters. The van der Waals surface area contributed by atoms with Crippen LogP contribution in [-0.2, 0) is 11.3 Å². The van der Waals surface area contributed by atoms with Crippen molar-refractivity contribution < 1.29 is 9.53 Å². The van der Waals surface area contributed by atoms with Crippen molar-refractivity contribution in [2.75, 3.05) is 12.4 Å². The van der Waals surface area contributed by atoms with E-state index < -0.39 is 0 Å². The molecule has 3 rings (SSSR count). The topological polar surface area (TPSA) is 38.3 Å². The van der Waals surface area contributed by atoms with Crippen molar-refractivity contribution in [1.29, 1.82) is 0 Å². The molecule has 0 bridgehead atoms. The largest absolute Gasteiger partial charge is 0.380 e. The second kappa shape index (κ2) is 9.24. The Morgan fingerprint density at radius 1 is 1.12 bits per heavy atom. The molecule has 0 aromatic heterocycles. The van der Waals surface area contributed by atoms with E-state index in [9.17, 15) is 4.79 Å². The molecule has 138 valence electrons. The van der Waals surface area contributed by atoms with Crippen LogP contribution in [0, 0.1) is 6.92 Å². The van der Waals surface area contributed by atoms with E-state index in [0.717, 1.165) is 22.1 Å². The average molecular weight is 370 g/mol. The fourth-order valence-electron chi connectivity index (χ4n) is 3.34. The Morgan fingerprint density at radius 3 is 2.50 bits per heavy atom. The van der Waals surface area contributed by atoms with Gasteiger partial charge in [0.2, 0.25) is 0 Å². The van der Waals surface area contributed by atoms with E-state index in [1.54, 1.807) is 7.11 Å². The molecule has 3 nitrogen and oxygen atoms in total. The van der Waals surface area contributed by atoms with Crippen LogP contribution in [0.5, 0.6) is 0 Å². The van der Waals surface area contributed by atoms with Gasteiger partial charge in [0.1, 0.15) is 0 Å². The lowest BCUT2D eigenvalue weighted by molar-refractivity contribution is 0.102. The van der Waals surface area contributed by atoms with Crippen molar-refractivity contribution in [3.8, 4) is 0 Å². The van der Waals surface area contributed by atoms with Gasteiger partial charge in [-0.1, -0.05) is 31.4 Å². The highest BCUT2D eigenvalue weighted by Gasteiger charge is 2.15. The summed E-state index contributed by atoms with van der Waals surface area (Å²) in [6.07, 6.45) is 6.73. The lowest BCUT2D eigenvalue weighted by Gasteiger charge is -2.21. The van der Waals surface area contributed by atoms with Gasteiger partial charge in [0.05, 0.1) is 6.61 Å².